The molecule has 0 amide bonds. The van der Waals surface area contributed by atoms with Crippen molar-refractivity contribution in [1.29, 1.82) is 0 Å². The number of benzene rings is 3. The summed E-state index contributed by atoms with van der Waals surface area (Å²) in [5.41, 5.74) is 3.63. The Morgan fingerprint density at radius 3 is 2.05 bits per heavy atom. The maximum absolute atomic E-state index is 11.7. The molecule has 1 heterocycles. The number of ketones is 1. The van der Waals surface area contributed by atoms with Crippen molar-refractivity contribution in [3.8, 4) is 11.1 Å². The molecule has 0 atom stereocenters. The summed E-state index contributed by atoms with van der Waals surface area (Å²) in [4.78, 5) is 11.7. The summed E-state index contributed by atoms with van der Waals surface area (Å²) in [6.07, 6.45) is 10.5. The van der Waals surface area contributed by atoms with Crippen molar-refractivity contribution in [2.75, 3.05) is 0 Å². The van der Waals surface area contributed by atoms with Crippen LogP contribution < -0.4 is 4.57 Å². The van der Waals surface area contributed by atoms with Crippen LogP contribution in [-0.4, -0.2) is 10.9 Å². The Kier molecular flexibility index (Phi) is 12.9. The number of carbonyl (C=O) groups is 1. The monoisotopic (exact) mass is 729 g/mol. The first-order valence-corrected chi connectivity index (χ1v) is 14.7. The molecule has 221 valence electrons. The van der Waals surface area contributed by atoms with Crippen molar-refractivity contribution in [3.05, 3.63) is 90.5 Å². The molecular weight excluding hydrogens is 683 g/mol. The van der Waals surface area contributed by atoms with Crippen molar-refractivity contribution >= 4 is 27.3 Å². The van der Waals surface area contributed by atoms with Gasteiger partial charge in [-0.05, 0) is 36.5 Å². The summed E-state index contributed by atoms with van der Waals surface area (Å²) in [5.74, 6) is 0.547. The molecule has 0 spiro atoms. The molecule has 1 radical (unpaired) electrons. The van der Waals surface area contributed by atoms with Crippen molar-refractivity contribution in [3.63, 3.8) is 0 Å². The molecule has 41 heavy (non-hydrogen) atoms. The third-order valence-electron chi connectivity index (χ3n) is 7.79. The first-order valence-electron chi connectivity index (χ1n) is 14.7. The number of aromatic nitrogens is 1. The van der Waals surface area contributed by atoms with Gasteiger partial charge in [-0.2, -0.15) is 17.7 Å². The van der Waals surface area contributed by atoms with Crippen LogP contribution in [0.3, 0.4) is 0 Å². The summed E-state index contributed by atoms with van der Waals surface area (Å²) < 4.78 is 2.01. The maximum Gasteiger partial charge on any atom is 0.162 e. The minimum Gasteiger partial charge on any atom is -0.512 e. The SMILES string of the molecule is CCC(CC)C(=O)/C=C(\O)C(CC)CC.C[n+]1[c-]c(-c2[c-]c3ccccc3c(C(C)(C)C)c2)c2ccccc2c1.[Ir]. The number of hydrogen-bond acceptors (Lipinski definition) is 2. The number of pyridine rings is 1. The molecule has 0 saturated carbocycles. The quantitative estimate of drug-likeness (QED) is 0.0851. The first kappa shape index (κ1) is 34.4. The molecule has 1 aromatic heterocycles. The predicted molar refractivity (Wildman–Crippen MR) is 168 cm³/mol. The van der Waals surface area contributed by atoms with E-state index in [4.69, 9.17) is 0 Å². The topological polar surface area (TPSA) is 41.2 Å². The Bertz CT molecular complexity index is 1470. The zero-order valence-corrected chi connectivity index (χ0v) is 28.4. The first-order chi connectivity index (χ1) is 19.0. The minimum absolute atomic E-state index is 0. The predicted octanol–water partition coefficient (Wildman–Crippen LogP) is 9.25. The van der Waals surface area contributed by atoms with E-state index in [-0.39, 0.29) is 48.9 Å². The largest absolute Gasteiger partial charge is 0.512 e. The number of carbonyl (C=O) groups excluding carboxylic acids is 1. The second-order valence-electron chi connectivity index (χ2n) is 11.7. The minimum atomic E-state index is 0. The van der Waals surface area contributed by atoms with E-state index in [0.29, 0.717) is 0 Å². The Balaban J connectivity index is 0.000000320. The van der Waals surface area contributed by atoms with E-state index >= 15 is 0 Å². The molecule has 4 aromatic rings. The third kappa shape index (κ3) is 8.60. The van der Waals surface area contributed by atoms with Gasteiger partial charge in [-0.25, -0.2) is 0 Å². The zero-order valence-electron chi connectivity index (χ0n) is 26.0. The van der Waals surface area contributed by atoms with E-state index in [1.54, 1.807) is 0 Å². The van der Waals surface area contributed by atoms with E-state index in [1.807, 2.05) is 39.3 Å². The van der Waals surface area contributed by atoms with Crippen molar-refractivity contribution in [1.82, 2.24) is 0 Å². The van der Waals surface area contributed by atoms with Gasteiger partial charge < -0.3 is 5.11 Å². The summed E-state index contributed by atoms with van der Waals surface area (Å²) in [6.45, 7) is 14.9. The van der Waals surface area contributed by atoms with Crippen molar-refractivity contribution in [2.24, 2.45) is 18.9 Å². The smallest absolute Gasteiger partial charge is 0.162 e. The standard InChI is InChI=1S/C24H22N.C13H24O2.Ir/c1-24(2,3)23-14-19(13-17-9-5-8-12-21(17)23)22-16-25(4)15-18-10-6-7-11-20(18)22;1-5-10(6-2)12(14)9-13(15)11(7-3)8-4;/h5-12,14-15H,1-4H3;9-11,14H,5-8H2,1-4H3;/q-1;;/b;12-9-;. The van der Waals surface area contributed by atoms with Gasteiger partial charge in [0.15, 0.2) is 5.78 Å². The van der Waals surface area contributed by atoms with Crippen molar-refractivity contribution < 1.29 is 34.6 Å². The van der Waals surface area contributed by atoms with Gasteiger partial charge in [0.05, 0.1) is 12.0 Å². The molecule has 0 unspecified atom stereocenters. The van der Waals surface area contributed by atoms with Crippen LogP contribution in [0.5, 0.6) is 0 Å². The van der Waals surface area contributed by atoms with Gasteiger partial charge in [0.1, 0.15) is 13.2 Å². The van der Waals surface area contributed by atoms with E-state index in [0.717, 1.165) is 42.2 Å². The van der Waals surface area contributed by atoms with Crippen molar-refractivity contribution in [2.45, 2.75) is 79.6 Å². The van der Waals surface area contributed by atoms with Gasteiger partial charge in [-0.1, -0.05) is 90.3 Å². The molecule has 0 saturated heterocycles. The molecule has 3 nitrogen and oxygen atoms in total. The Morgan fingerprint density at radius 1 is 0.902 bits per heavy atom. The molecule has 1 N–H and O–H groups in total. The molecule has 4 heteroatoms. The number of rotatable bonds is 8. The molecular formula is C37H46IrNO2-. The number of nitrogens with zero attached hydrogens (tertiary/aromatic N) is 1. The van der Waals surface area contributed by atoms with Gasteiger partial charge in [0.2, 0.25) is 0 Å². The van der Waals surface area contributed by atoms with Gasteiger partial charge in [0.25, 0.3) is 0 Å². The van der Waals surface area contributed by atoms with E-state index in [9.17, 15) is 9.90 Å². The zero-order chi connectivity index (χ0) is 29.4. The third-order valence-corrected chi connectivity index (χ3v) is 7.79. The van der Waals surface area contributed by atoms with Crippen LogP contribution in [0.4, 0.5) is 0 Å². The second kappa shape index (κ2) is 15.4. The van der Waals surface area contributed by atoms with Crippen LogP contribution in [0.15, 0.2) is 72.6 Å². The molecule has 0 aliphatic heterocycles. The Hall–Kier alpha value is -2.81. The summed E-state index contributed by atoms with van der Waals surface area (Å²) >= 11 is 0. The van der Waals surface area contributed by atoms with Crippen LogP contribution in [0.2, 0.25) is 0 Å². The summed E-state index contributed by atoms with van der Waals surface area (Å²) in [7, 11) is 2.03. The number of allylic oxidation sites excluding steroid dienone is 2. The molecule has 0 aliphatic carbocycles. The molecule has 0 aliphatic rings. The number of aliphatic hydroxyl groups excluding tert-OH is 1. The fraction of sp³-hybridized carbons (Fsp3) is 0.405. The summed E-state index contributed by atoms with van der Waals surface area (Å²) in [6, 6.07) is 23.0. The fourth-order valence-corrected chi connectivity index (χ4v) is 5.28. The van der Waals surface area contributed by atoms with E-state index < -0.39 is 0 Å². The number of hydrogen-bond donors (Lipinski definition) is 1. The van der Waals surface area contributed by atoms with Gasteiger partial charge in [0, 0.05) is 38.0 Å². The summed E-state index contributed by atoms with van der Waals surface area (Å²) in [5, 5.41) is 14.6. The Morgan fingerprint density at radius 2 is 1.46 bits per heavy atom. The average molecular weight is 729 g/mol. The maximum atomic E-state index is 11.7. The van der Waals surface area contributed by atoms with Crippen LogP contribution in [0, 0.1) is 24.1 Å². The molecule has 3 aromatic carbocycles. The number of aliphatic hydroxyl groups is 1. The van der Waals surface area contributed by atoms with Crippen LogP contribution >= 0.6 is 0 Å². The van der Waals surface area contributed by atoms with Crippen LogP contribution in [0.25, 0.3) is 32.7 Å². The average Bonchev–Trinajstić information content (AvgIpc) is 2.93. The molecule has 0 bridgehead atoms. The second-order valence-corrected chi connectivity index (χ2v) is 11.7. The van der Waals surface area contributed by atoms with Gasteiger partial charge >= 0.3 is 0 Å². The van der Waals surface area contributed by atoms with Gasteiger partial charge in [-0.15, -0.1) is 34.0 Å². The van der Waals surface area contributed by atoms with E-state index in [2.05, 4.69) is 93.8 Å². The Labute approximate surface area is 261 Å². The normalized spacial score (nSPS) is 11.9. The van der Waals surface area contributed by atoms with Crippen LogP contribution in [-0.2, 0) is 37.4 Å². The number of aryl methyl sites for hydroxylation is 1. The fourth-order valence-electron chi connectivity index (χ4n) is 5.28. The molecule has 0 fully saturated rings. The number of fused-ring (bicyclic) bond motifs is 2. The van der Waals surface area contributed by atoms with Gasteiger partial charge in [-0.3, -0.25) is 9.36 Å². The van der Waals surface area contributed by atoms with Crippen LogP contribution in [0.1, 0.15) is 79.7 Å². The van der Waals surface area contributed by atoms with E-state index in [1.165, 1.54) is 27.8 Å². The molecule has 4 rings (SSSR count).